The van der Waals surface area contributed by atoms with Crippen molar-refractivity contribution in [1.82, 2.24) is 5.32 Å². The summed E-state index contributed by atoms with van der Waals surface area (Å²) in [4.78, 5) is 26.6. The predicted octanol–water partition coefficient (Wildman–Crippen LogP) is -0.756. The van der Waals surface area contributed by atoms with Crippen molar-refractivity contribution in [1.29, 1.82) is 0 Å². The zero-order chi connectivity index (χ0) is 19.5. The van der Waals surface area contributed by atoms with Crippen molar-refractivity contribution in [3.05, 3.63) is 30.1 Å². The van der Waals surface area contributed by atoms with Crippen LogP contribution in [0.4, 0.5) is 10.1 Å². The minimum absolute atomic E-state index is 0.0649. The van der Waals surface area contributed by atoms with E-state index in [9.17, 15) is 14.0 Å². The van der Waals surface area contributed by atoms with Gasteiger partial charge in [-0.15, -0.1) is 0 Å². The second kappa shape index (κ2) is 11.7. The largest absolute Gasteiger partial charge is 0.351 e. The number of hydrogen-bond donors (Lipinski definition) is 4. The molecule has 1 aliphatic rings. The van der Waals surface area contributed by atoms with E-state index in [-0.39, 0.29) is 17.6 Å². The van der Waals surface area contributed by atoms with Gasteiger partial charge in [-0.1, -0.05) is 26.2 Å². The number of nitrogens with one attached hydrogen (secondary N) is 4. The Hall–Kier alpha value is -1.99. The number of amides is 2. The molecule has 1 aliphatic heterocycles. The molecule has 150 valence electrons. The van der Waals surface area contributed by atoms with Gasteiger partial charge in [0, 0.05) is 12.2 Å². The van der Waals surface area contributed by atoms with Crippen LogP contribution in [0.3, 0.4) is 0 Å². The molecular weight excluding hydrogens is 347 g/mol. The Morgan fingerprint density at radius 3 is 2.11 bits per heavy atom. The Morgan fingerprint density at radius 1 is 0.926 bits per heavy atom. The van der Waals surface area contributed by atoms with E-state index < -0.39 is 0 Å². The molecule has 1 saturated heterocycles. The van der Waals surface area contributed by atoms with Crippen molar-refractivity contribution in [2.24, 2.45) is 0 Å². The maximum atomic E-state index is 12.9. The van der Waals surface area contributed by atoms with Crippen LogP contribution in [0.2, 0.25) is 0 Å². The van der Waals surface area contributed by atoms with Gasteiger partial charge in [-0.2, -0.15) is 0 Å². The van der Waals surface area contributed by atoms with Crippen molar-refractivity contribution >= 4 is 17.5 Å². The maximum absolute atomic E-state index is 12.9. The normalized spacial score (nSPS) is 19.5. The van der Waals surface area contributed by atoms with Gasteiger partial charge in [0.15, 0.2) is 13.1 Å². The summed E-state index contributed by atoms with van der Waals surface area (Å²) >= 11 is 0. The quantitative estimate of drug-likeness (QED) is 0.404. The lowest BCUT2D eigenvalue weighted by atomic mass is 10.2. The average molecular weight is 381 g/mol. The smallest absolute Gasteiger partial charge is 0.279 e. The van der Waals surface area contributed by atoms with Crippen LogP contribution in [0.25, 0.3) is 0 Å². The number of carbonyl (C=O) groups excluding carboxylic acids is 2. The van der Waals surface area contributed by atoms with Gasteiger partial charge in [0.2, 0.25) is 0 Å². The standard InChI is InChI=1S/C20H31FN4O2/c1-2-3-4-5-10-22-19(26)15-24-11-13-25(14-12-24)16-20(27)23-18-8-6-17(21)7-9-18/h6-9H,2-5,10-16H2,1H3,(H,22,26)(H,23,27)/p+2. The van der Waals surface area contributed by atoms with Crippen molar-refractivity contribution in [2.45, 2.75) is 32.6 Å². The van der Waals surface area contributed by atoms with Crippen LogP contribution in [0, 0.1) is 5.82 Å². The number of rotatable bonds is 10. The lowest BCUT2D eigenvalue weighted by Gasteiger charge is -2.28. The summed E-state index contributed by atoms with van der Waals surface area (Å²) in [5, 5.41) is 5.81. The Kier molecular flexibility index (Phi) is 9.21. The molecule has 27 heavy (non-hydrogen) atoms. The first-order valence-corrected chi connectivity index (χ1v) is 10.1. The highest BCUT2D eigenvalue weighted by atomic mass is 19.1. The van der Waals surface area contributed by atoms with E-state index in [1.165, 1.54) is 41.2 Å². The predicted molar refractivity (Wildman–Crippen MR) is 103 cm³/mol. The number of anilines is 1. The molecule has 7 heteroatoms. The number of benzene rings is 1. The van der Waals surface area contributed by atoms with Crippen LogP contribution in [0.15, 0.2) is 24.3 Å². The van der Waals surface area contributed by atoms with Gasteiger partial charge in [-0.05, 0) is 30.7 Å². The number of halogens is 1. The highest BCUT2D eigenvalue weighted by molar-refractivity contribution is 5.91. The minimum Gasteiger partial charge on any atom is -0.351 e. The fourth-order valence-electron chi connectivity index (χ4n) is 3.35. The molecule has 0 atom stereocenters. The Labute approximate surface area is 161 Å². The number of unbranched alkanes of at least 4 members (excludes halogenated alkanes) is 3. The summed E-state index contributed by atoms with van der Waals surface area (Å²) in [5.41, 5.74) is 0.612. The van der Waals surface area contributed by atoms with E-state index in [1.54, 1.807) is 12.1 Å². The van der Waals surface area contributed by atoms with Crippen molar-refractivity contribution < 1.29 is 23.8 Å². The third-order valence-corrected chi connectivity index (χ3v) is 4.97. The summed E-state index contributed by atoms with van der Waals surface area (Å²) in [6.45, 7) is 7.39. The molecule has 0 unspecified atom stereocenters. The van der Waals surface area contributed by atoms with Gasteiger partial charge in [0.25, 0.3) is 11.8 Å². The van der Waals surface area contributed by atoms with Crippen LogP contribution in [-0.2, 0) is 9.59 Å². The molecule has 0 aliphatic carbocycles. The second-order valence-corrected chi connectivity index (χ2v) is 7.32. The molecule has 0 saturated carbocycles. The fraction of sp³-hybridized carbons (Fsp3) is 0.600. The molecule has 2 rings (SSSR count). The third kappa shape index (κ3) is 8.49. The van der Waals surface area contributed by atoms with Gasteiger partial charge >= 0.3 is 0 Å². The molecule has 0 radical (unpaired) electrons. The molecule has 1 aromatic carbocycles. The maximum Gasteiger partial charge on any atom is 0.279 e. The SMILES string of the molecule is CCCCCCNC(=O)C[NH+]1CC[NH+](CC(=O)Nc2ccc(F)cc2)CC1. The Bertz CT molecular complexity index is 586. The van der Waals surface area contributed by atoms with Gasteiger partial charge in [0.05, 0.1) is 0 Å². The summed E-state index contributed by atoms with van der Waals surface area (Å²) in [7, 11) is 0. The van der Waals surface area contributed by atoms with E-state index in [4.69, 9.17) is 0 Å². The molecule has 1 fully saturated rings. The number of hydrogen-bond acceptors (Lipinski definition) is 2. The van der Waals surface area contributed by atoms with Gasteiger partial charge in [-0.25, -0.2) is 4.39 Å². The average Bonchev–Trinajstić information content (AvgIpc) is 2.65. The van der Waals surface area contributed by atoms with Crippen LogP contribution < -0.4 is 20.4 Å². The van der Waals surface area contributed by atoms with Gasteiger partial charge in [-0.3, -0.25) is 9.59 Å². The summed E-state index contributed by atoms with van der Waals surface area (Å²) in [5.74, 6) is -0.258. The lowest BCUT2D eigenvalue weighted by Crippen LogP contribution is -3.28. The molecule has 0 aromatic heterocycles. The van der Waals surface area contributed by atoms with E-state index >= 15 is 0 Å². The fourth-order valence-corrected chi connectivity index (χ4v) is 3.35. The highest BCUT2D eigenvalue weighted by Crippen LogP contribution is 2.07. The number of piperazine rings is 1. The van der Waals surface area contributed by atoms with Crippen LogP contribution in [-0.4, -0.2) is 57.6 Å². The molecule has 0 spiro atoms. The van der Waals surface area contributed by atoms with E-state index in [0.29, 0.717) is 18.8 Å². The third-order valence-electron chi connectivity index (χ3n) is 4.97. The van der Waals surface area contributed by atoms with Crippen molar-refractivity contribution in [3.63, 3.8) is 0 Å². The summed E-state index contributed by atoms with van der Waals surface area (Å²) in [6.07, 6.45) is 4.65. The highest BCUT2D eigenvalue weighted by Gasteiger charge is 2.26. The van der Waals surface area contributed by atoms with Crippen LogP contribution >= 0.6 is 0 Å². The van der Waals surface area contributed by atoms with Crippen LogP contribution in [0.5, 0.6) is 0 Å². The number of quaternary nitrogens is 2. The first-order valence-electron chi connectivity index (χ1n) is 10.1. The Balaban J connectivity index is 1.59. The van der Waals surface area contributed by atoms with Crippen LogP contribution in [0.1, 0.15) is 32.6 Å². The molecule has 1 aromatic rings. The molecule has 6 nitrogen and oxygen atoms in total. The van der Waals surface area contributed by atoms with E-state index in [2.05, 4.69) is 17.6 Å². The molecule has 1 heterocycles. The first-order chi connectivity index (χ1) is 13.1. The zero-order valence-electron chi connectivity index (χ0n) is 16.3. The summed E-state index contributed by atoms with van der Waals surface area (Å²) < 4.78 is 12.9. The first kappa shape index (κ1) is 21.3. The molecular formula is C20H33FN4O2+2. The van der Waals surface area contributed by atoms with E-state index in [0.717, 1.165) is 39.1 Å². The monoisotopic (exact) mass is 380 g/mol. The number of carbonyl (C=O) groups is 2. The Morgan fingerprint density at radius 2 is 1.52 bits per heavy atom. The van der Waals surface area contributed by atoms with Crippen molar-refractivity contribution in [2.75, 3.05) is 51.1 Å². The lowest BCUT2D eigenvalue weighted by molar-refractivity contribution is -1.00. The topological polar surface area (TPSA) is 67.1 Å². The molecule has 2 amide bonds. The zero-order valence-corrected chi connectivity index (χ0v) is 16.3. The van der Waals surface area contributed by atoms with Gasteiger partial charge < -0.3 is 20.4 Å². The minimum atomic E-state index is -0.317. The second-order valence-electron chi connectivity index (χ2n) is 7.32. The van der Waals surface area contributed by atoms with E-state index in [1.807, 2.05) is 0 Å². The summed E-state index contributed by atoms with van der Waals surface area (Å²) in [6, 6.07) is 5.79. The van der Waals surface area contributed by atoms with Crippen molar-refractivity contribution in [3.8, 4) is 0 Å². The molecule has 0 bridgehead atoms. The molecule has 4 N–H and O–H groups in total. The van der Waals surface area contributed by atoms with Gasteiger partial charge in [0.1, 0.15) is 32.0 Å².